The van der Waals surface area contributed by atoms with Crippen molar-refractivity contribution in [3.05, 3.63) is 94.5 Å². The molecule has 1 N–H and O–H groups in total. The monoisotopic (exact) mass is 608 g/mol. The maximum atomic E-state index is 13.8. The molecular weight excluding hydrogens is 576 g/mol. The zero-order chi connectivity index (χ0) is 30.3. The molecule has 2 aromatic heterocycles. The topological polar surface area (TPSA) is 101 Å². The summed E-state index contributed by atoms with van der Waals surface area (Å²) >= 11 is 1.39. The molecule has 10 heteroatoms. The number of benzene rings is 2. The Morgan fingerprint density at radius 2 is 1.77 bits per heavy atom. The largest absolute Gasteiger partial charge is 0.465 e. The number of anilines is 3. The molecule has 0 aliphatic carbocycles. The van der Waals surface area contributed by atoms with Crippen LogP contribution in [-0.4, -0.2) is 62.7 Å². The van der Waals surface area contributed by atoms with Crippen LogP contribution in [0.3, 0.4) is 0 Å². The van der Waals surface area contributed by atoms with Gasteiger partial charge in [0.05, 0.1) is 18.4 Å². The number of carbonyl (C=O) groups excluding carboxylic acids is 3. The molecule has 4 aromatic rings. The smallest absolute Gasteiger partial charge is 0.348 e. The number of hydrogen-bond acceptors (Lipinski definition) is 8. The Kier molecular flexibility index (Phi) is 7.39. The molecule has 0 radical (unpaired) electrons. The summed E-state index contributed by atoms with van der Waals surface area (Å²) in [4.78, 5) is 49.4. The van der Waals surface area contributed by atoms with Crippen molar-refractivity contribution >= 4 is 46.3 Å². The van der Waals surface area contributed by atoms with Gasteiger partial charge < -0.3 is 24.6 Å². The number of nitrogens with one attached hydrogen (secondary N) is 1. The van der Waals surface area contributed by atoms with Crippen molar-refractivity contribution in [2.45, 2.75) is 19.3 Å². The minimum absolute atomic E-state index is 0.131. The first-order chi connectivity index (χ1) is 21.4. The molecule has 2 fully saturated rings. The second kappa shape index (κ2) is 11.5. The Hall–Kier alpha value is -4.54. The van der Waals surface area contributed by atoms with E-state index in [1.165, 1.54) is 18.4 Å². The molecule has 0 unspecified atom stereocenters. The van der Waals surface area contributed by atoms with Gasteiger partial charge in [0.25, 0.3) is 11.8 Å². The summed E-state index contributed by atoms with van der Waals surface area (Å²) in [5.74, 6) is -0.0302. The summed E-state index contributed by atoms with van der Waals surface area (Å²) in [5.41, 5.74) is 4.63. The summed E-state index contributed by atoms with van der Waals surface area (Å²) < 4.78 is 10.5. The van der Waals surface area contributed by atoms with Gasteiger partial charge in [-0.2, -0.15) is 0 Å². The molecule has 2 saturated heterocycles. The lowest BCUT2D eigenvalue weighted by Crippen LogP contribution is -2.59. The summed E-state index contributed by atoms with van der Waals surface area (Å²) in [6, 6.07) is 20.2. The highest BCUT2D eigenvalue weighted by atomic mass is 32.1. The molecule has 5 heterocycles. The molecule has 2 aromatic carbocycles. The first-order valence-electron chi connectivity index (χ1n) is 14.8. The fraction of sp³-hybridized carbons (Fsp3) is 0.294. The average molecular weight is 609 g/mol. The van der Waals surface area contributed by atoms with Gasteiger partial charge in [-0.1, -0.05) is 18.2 Å². The van der Waals surface area contributed by atoms with Gasteiger partial charge in [0, 0.05) is 66.2 Å². The van der Waals surface area contributed by atoms with Gasteiger partial charge in [-0.3, -0.25) is 9.59 Å². The highest BCUT2D eigenvalue weighted by Gasteiger charge is 2.45. The van der Waals surface area contributed by atoms with Crippen LogP contribution < -0.4 is 15.1 Å². The molecule has 3 aliphatic heterocycles. The second-order valence-electron chi connectivity index (χ2n) is 11.6. The van der Waals surface area contributed by atoms with Crippen LogP contribution in [0.15, 0.2) is 72.9 Å². The number of hydrogen-bond donors (Lipinski definition) is 1. The number of rotatable bonds is 5. The van der Waals surface area contributed by atoms with Gasteiger partial charge >= 0.3 is 5.97 Å². The van der Waals surface area contributed by atoms with Crippen LogP contribution >= 0.6 is 11.3 Å². The molecule has 1 spiro atoms. The number of fused-ring (bicyclic) bond motifs is 3. The zero-order valence-corrected chi connectivity index (χ0v) is 25.2. The van der Waals surface area contributed by atoms with Gasteiger partial charge in [-0.15, -0.1) is 11.3 Å². The summed E-state index contributed by atoms with van der Waals surface area (Å²) in [6.07, 6.45) is 4.41. The molecule has 0 atom stereocenters. The van der Waals surface area contributed by atoms with Crippen LogP contribution in [0.4, 0.5) is 17.2 Å². The van der Waals surface area contributed by atoms with E-state index in [0.717, 1.165) is 60.8 Å². The van der Waals surface area contributed by atoms with Crippen LogP contribution in [0.25, 0.3) is 10.4 Å². The number of ether oxygens (including phenoxy) is 2. The van der Waals surface area contributed by atoms with E-state index in [0.29, 0.717) is 40.5 Å². The van der Waals surface area contributed by atoms with Crippen molar-refractivity contribution in [2.75, 3.05) is 55.1 Å². The van der Waals surface area contributed by atoms with Crippen LogP contribution in [-0.2, 0) is 15.9 Å². The Labute approximate surface area is 259 Å². The third kappa shape index (κ3) is 5.14. The lowest BCUT2D eigenvalue weighted by atomic mass is 9.73. The van der Waals surface area contributed by atoms with Gasteiger partial charge in [-0.25, -0.2) is 9.78 Å². The van der Waals surface area contributed by atoms with Crippen LogP contribution in [0.2, 0.25) is 0 Å². The van der Waals surface area contributed by atoms with E-state index in [9.17, 15) is 14.4 Å². The van der Waals surface area contributed by atoms with Crippen LogP contribution in [0.1, 0.15) is 48.8 Å². The molecule has 224 valence electrons. The number of carbonyl (C=O) groups is 3. The maximum Gasteiger partial charge on any atom is 0.348 e. The van der Waals surface area contributed by atoms with Gasteiger partial charge in [0.15, 0.2) is 0 Å². The van der Waals surface area contributed by atoms with Crippen molar-refractivity contribution in [1.29, 1.82) is 0 Å². The molecule has 0 saturated carbocycles. The molecular formula is C34H32N4O5S. The number of para-hydroxylation sites is 1. The maximum absolute atomic E-state index is 13.8. The Balaban J connectivity index is 1.06. The van der Waals surface area contributed by atoms with E-state index in [1.807, 2.05) is 30.3 Å². The van der Waals surface area contributed by atoms with Crippen molar-refractivity contribution in [3.63, 3.8) is 0 Å². The Bertz CT molecular complexity index is 1740. The fourth-order valence-electron chi connectivity index (χ4n) is 6.42. The van der Waals surface area contributed by atoms with E-state index >= 15 is 0 Å². The third-order valence-electron chi connectivity index (χ3n) is 8.81. The fourth-order valence-corrected chi connectivity index (χ4v) is 7.58. The Morgan fingerprint density at radius 3 is 2.55 bits per heavy atom. The minimum Gasteiger partial charge on any atom is -0.465 e. The molecule has 0 bridgehead atoms. The van der Waals surface area contributed by atoms with E-state index in [2.05, 4.69) is 15.2 Å². The van der Waals surface area contributed by atoms with Crippen molar-refractivity contribution in [1.82, 2.24) is 4.98 Å². The second-order valence-corrected chi connectivity index (χ2v) is 12.6. The molecule has 7 rings (SSSR count). The molecule has 3 aliphatic rings. The summed E-state index contributed by atoms with van der Waals surface area (Å²) in [5, 5.41) is 2.98. The third-order valence-corrected chi connectivity index (χ3v) is 10.0. The first-order valence-corrected chi connectivity index (χ1v) is 15.6. The zero-order valence-electron chi connectivity index (χ0n) is 24.4. The quantitative estimate of drug-likeness (QED) is 0.292. The molecule has 9 nitrogen and oxygen atoms in total. The van der Waals surface area contributed by atoms with Crippen LogP contribution in [0, 0.1) is 5.41 Å². The number of amides is 2. The standard InChI is InChI=1S/C34H32N4O5S/c1-42-33(41)28-19-23-12-16-38(27-7-3-2-5-25(27)29(23)44-28)32(40)22-8-10-24(11-9-22)36-31(39)26-6-4-15-35-30(26)37-20-34(21-37)13-17-43-18-14-34/h2-11,15,19H,12-14,16-18,20-21H2,1H3,(H,36,39). The normalized spacial score (nSPS) is 16.8. The summed E-state index contributed by atoms with van der Waals surface area (Å²) in [7, 11) is 1.38. The van der Waals surface area contributed by atoms with Gasteiger partial charge in [-0.05, 0) is 73.4 Å². The lowest BCUT2D eigenvalue weighted by Gasteiger charge is -2.53. The predicted molar refractivity (Wildman–Crippen MR) is 170 cm³/mol. The van der Waals surface area contributed by atoms with E-state index < -0.39 is 0 Å². The van der Waals surface area contributed by atoms with E-state index in [-0.39, 0.29) is 23.2 Å². The number of thiophene rings is 1. The number of methoxy groups -OCH3 is 1. The first kappa shape index (κ1) is 28.2. The van der Waals surface area contributed by atoms with Gasteiger partial charge in [0.2, 0.25) is 0 Å². The lowest BCUT2D eigenvalue weighted by molar-refractivity contribution is -0.000511. The van der Waals surface area contributed by atoms with Crippen molar-refractivity contribution in [3.8, 4) is 10.4 Å². The number of aromatic nitrogens is 1. The molecule has 2 amide bonds. The van der Waals surface area contributed by atoms with E-state index in [1.54, 1.807) is 47.5 Å². The van der Waals surface area contributed by atoms with Crippen LogP contribution in [0.5, 0.6) is 0 Å². The SMILES string of the molecule is COC(=O)c1cc2c(s1)-c1ccccc1N(C(=O)c1ccc(NC(=O)c3cccnc3N3CC4(CCOCC4)C3)cc1)CC2. The van der Waals surface area contributed by atoms with E-state index in [4.69, 9.17) is 9.47 Å². The minimum atomic E-state index is -0.357. The number of pyridine rings is 1. The number of esters is 1. The summed E-state index contributed by atoms with van der Waals surface area (Å²) in [6.45, 7) is 3.81. The van der Waals surface area contributed by atoms with Gasteiger partial charge in [0.1, 0.15) is 10.7 Å². The highest BCUT2D eigenvalue weighted by molar-refractivity contribution is 7.17. The van der Waals surface area contributed by atoms with Crippen molar-refractivity contribution in [2.24, 2.45) is 5.41 Å². The van der Waals surface area contributed by atoms with Crippen molar-refractivity contribution < 1.29 is 23.9 Å². The highest BCUT2D eigenvalue weighted by Crippen LogP contribution is 2.43. The molecule has 44 heavy (non-hydrogen) atoms. The Morgan fingerprint density at radius 1 is 1.00 bits per heavy atom. The number of nitrogens with zero attached hydrogens (tertiary/aromatic N) is 3. The average Bonchev–Trinajstić information content (AvgIpc) is 3.41. The predicted octanol–water partition coefficient (Wildman–Crippen LogP) is 5.67.